The largest absolute Gasteiger partial charge is 0.477 e. The van der Waals surface area contributed by atoms with Gasteiger partial charge >= 0.3 is 5.97 Å². The Bertz CT molecular complexity index is 552. The standard InChI is InChI=1S/C10H8N2O6/c1-2-3-6-8(11(15)16)5-4-7(10(13)14)9(6)12(17)18/h2,4-5H,1,3H2,(H,13,14). The van der Waals surface area contributed by atoms with Crippen LogP contribution in [-0.4, -0.2) is 20.9 Å². The van der Waals surface area contributed by atoms with E-state index >= 15 is 0 Å². The highest BCUT2D eigenvalue weighted by Gasteiger charge is 2.30. The highest BCUT2D eigenvalue weighted by atomic mass is 16.6. The number of allylic oxidation sites excluding steroid dienone is 1. The molecule has 0 bridgehead atoms. The van der Waals surface area contributed by atoms with E-state index in [4.69, 9.17) is 5.11 Å². The molecule has 94 valence electrons. The summed E-state index contributed by atoms with van der Waals surface area (Å²) >= 11 is 0. The van der Waals surface area contributed by atoms with Gasteiger partial charge in [0.25, 0.3) is 11.4 Å². The highest BCUT2D eigenvalue weighted by Crippen LogP contribution is 2.32. The smallest absolute Gasteiger partial charge is 0.342 e. The number of benzene rings is 1. The summed E-state index contributed by atoms with van der Waals surface area (Å²) in [6.07, 6.45) is 1.08. The van der Waals surface area contributed by atoms with Crippen molar-refractivity contribution in [3.05, 3.63) is 56.1 Å². The molecule has 1 aromatic carbocycles. The fraction of sp³-hybridized carbons (Fsp3) is 0.100. The van der Waals surface area contributed by atoms with Crippen LogP contribution >= 0.6 is 0 Å². The van der Waals surface area contributed by atoms with Gasteiger partial charge in [0.1, 0.15) is 11.1 Å². The normalized spacial score (nSPS) is 9.78. The number of aromatic carboxylic acids is 1. The number of hydrogen-bond donors (Lipinski definition) is 1. The predicted octanol–water partition coefficient (Wildman–Crippen LogP) is 1.93. The van der Waals surface area contributed by atoms with Crippen LogP contribution in [0, 0.1) is 20.2 Å². The molecule has 0 atom stereocenters. The molecule has 1 aromatic rings. The maximum Gasteiger partial charge on any atom is 0.342 e. The minimum absolute atomic E-state index is 0.159. The van der Waals surface area contributed by atoms with E-state index in [1.807, 2.05) is 0 Å². The Morgan fingerprint density at radius 1 is 1.33 bits per heavy atom. The molecule has 0 spiro atoms. The lowest BCUT2D eigenvalue weighted by atomic mass is 10.0. The van der Waals surface area contributed by atoms with Gasteiger partial charge in [-0.05, 0) is 6.07 Å². The molecule has 0 aliphatic heterocycles. The van der Waals surface area contributed by atoms with E-state index in [-0.39, 0.29) is 12.0 Å². The number of carbonyl (C=O) groups is 1. The van der Waals surface area contributed by atoms with Crippen LogP contribution in [0.25, 0.3) is 0 Å². The van der Waals surface area contributed by atoms with Crippen molar-refractivity contribution in [1.82, 2.24) is 0 Å². The lowest BCUT2D eigenvalue weighted by Crippen LogP contribution is -2.08. The van der Waals surface area contributed by atoms with E-state index in [1.165, 1.54) is 6.08 Å². The molecule has 0 heterocycles. The van der Waals surface area contributed by atoms with Gasteiger partial charge in [-0.2, -0.15) is 0 Å². The van der Waals surface area contributed by atoms with Crippen LogP contribution in [0.2, 0.25) is 0 Å². The Morgan fingerprint density at radius 2 is 1.94 bits per heavy atom. The molecule has 0 aliphatic rings. The summed E-state index contributed by atoms with van der Waals surface area (Å²) in [5.74, 6) is -1.51. The Balaban J connectivity index is 3.69. The van der Waals surface area contributed by atoms with Crippen molar-refractivity contribution in [3.63, 3.8) is 0 Å². The zero-order valence-corrected chi connectivity index (χ0v) is 9.03. The number of nitrogens with zero attached hydrogens (tertiary/aromatic N) is 2. The molecule has 8 heteroatoms. The molecule has 0 amide bonds. The first kappa shape index (κ1) is 13.3. The van der Waals surface area contributed by atoms with Gasteiger partial charge in [-0.25, -0.2) is 4.79 Å². The third-order valence-corrected chi connectivity index (χ3v) is 2.22. The van der Waals surface area contributed by atoms with Gasteiger partial charge in [0.15, 0.2) is 0 Å². The molecule has 0 aliphatic carbocycles. The molecule has 18 heavy (non-hydrogen) atoms. The van der Waals surface area contributed by atoms with E-state index in [2.05, 4.69) is 6.58 Å². The van der Waals surface area contributed by atoms with Gasteiger partial charge in [-0.3, -0.25) is 20.2 Å². The minimum atomic E-state index is -1.51. The predicted molar refractivity (Wildman–Crippen MR) is 60.6 cm³/mol. The number of nitro benzene ring substituents is 2. The van der Waals surface area contributed by atoms with Crippen LogP contribution < -0.4 is 0 Å². The Hall–Kier alpha value is -2.77. The lowest BCUT2D eigenvalue weighted by molar-refractivity contribution is -0.395. The van der Waals surface area contributed by atoms with Gasteiger partial charge in [0, 0.05) is 12.5 Å². The van der Waals surface area contributed by atoms with Crippen molar-refractivity contribution >= 4 is 17.3 Å². The monoisotopic (exact) mass is 252 g/mol. The maximum atomic E-state index is 10.9. The van der Waals surface area contributed by atoms with Gasteiger partial charge in [0.05, 0.1) is 9.85 Å². The van der Waals surface area contributed by atoms with Crippen LogP contribution in [0.4, 0.5) is 11.4 Å². The summed E-state index contributed by atoms with van der Waals surface area (Å²) in [6, 6.07) is 1.79. The first-order valence-corrected chi connectivity index (χ1v) is 4.69. The van der Waals surface area contributed by atoms with E-state index in [0.29, 0.717) is 0 Å². The number of carboxylic acids is 1. The quantitative estimate of drug-likeness (QED) is 0.485. The van der Waals surface area contributed by atoms with Crippen molar-refractivity contribution < 1.29 is 19.7 Å². The number of nitro groups is 2. The zero-order valence-electron chi connectivity index (χ0n) is 9.03. The molecule has 0 fully saturated rings. The minimum Gasteiger partial charge on any atom is -0.477 e. The molecule has 0 saturated heterocycles. The summed E-state index contributed by atoms with van der Waals surface area (Å²) in [6.45, 7) is 3.34. The van der Waals surface area contributed by atoms with Gasteiger partial charge in [-0.15, -0.1) is 6.58 Å². The third kappa shape index (κ3) is 2.32. The summed E-state index contributed by atoms with van der Waals surface area (Å²) in [5, 5.41) is 30.5. The first-order valence-electron chi connectivity index (χ1n) is 4.69. The topological polar surface area (TPSA) is 124 Å². The summed E-state index contributed by atoms with van der Waals surface area (Å²) in [7, 11) is 0. The number of hydrogen-bond acceptors (Lipinski definition) is 5. The van der Waals surface area contributed by atoms with Crippen molar-refractivity contribution in [2.45, 2.75) is 6.42 Å². The molecule has 0 aromatic heterocycles. The summed E-state index contributed by atoms with van der Waals surface area (Å²) in [4.78, 5) is 30.8. The van der Waals surface area contributed by atoms with Crippen molar-refractivity contribution in [2.24, 2.45) is 0 Å². The average molecular weight is 252 g/mol. The van der Waals surface area contributed by atoms with Crippen LogP contribution in [0.3, 0.4) is 0 Å². The molecular formula is C10H8N2O6. The van der Waals surface area contributed by atoms with E-state index < -0.39 is 32.8 Å². The number of carboxylic acid groups (broad SMARTS) is 1. The van der Waals surface area contributed by atoms with Crippen molar-refractivity contribution in [2.75, 3.05) is 0 Å². The maximum absolute atomic E-state index is 10.9. The second kappa shape index (κ2) is 5.04. The van der Waals surface area contributed by atoms with Crippen LogP contribution in [0.1, 0.15) is 15.9 Å². The molecule has 0 saturated carbocycles. The highest BCUT2D eigenvalue weighted by molar-refractivity contribution is 5.94. The average Bonchev–Trinajstić information content (AvgIpc) is 2.27. The van der Waals surface area contributed by atoms with E-state index in [9.17, 15) is 25.0 Å². The molecule has 1 N–H and O–H groups in total. The second-order valence-corrected chi connectivity index (χ2v) is 3.27. The Morgan fingerprint density at radius 3 is 2.33 bits per heavy atom. The molecule has 1 rings (SSSR count). The van der Waals surface area contributed by atoms with Gasteiger partial charge in [0.2, 0.25) is 0 Å². The molecule has 0 unspecified atom stereocenters. The molecule has 8 nitrogen and oxygen atoms in total. The SMILES string of the molecule is C=CCc1c([N+](=O)[O-])ccc(C(=O)O)c1[N+](=O)[O-]. The second-order valence-electron chi connectivity index (χ2n) is 3.27. The fourth-order valence-corrected chi connectivity index (χ4v) is 1.52. The Kier molecular flexibility index (Phi) is 3.72. The van der Waals surface area contributed by atoms with E-state index in [0.717, 1.165) is 12.1 Å². The third-order valence-electron chi connectivity index (χ3n) is 2.22. The fourth-order valence-electron chi connectivity index (χ4n) is 1.52. The lowest BCUT2D eigenvalue weighted by Gasteiger charge is -2.04. The van der Waals surface area contributed by atoms with Crippen molar-refractivity contribution in [1.29, 1.82) is 0 Å². The zero-order chi connectivity index (χ0) is 13.9. The Labute approximate surface area is 100 Å². The summed E-state index contributed by atoms with van der Waals surface area (Å²) in [5.41, 5.74) is -2.11. The summed E-state index contributed by atoms with van der Waals surface area (Å²) < 4.78 is 0. The van der Waals surface area contributed by atoms with Crippen molar-refractivity contribution in [3.8, 4) is 0 Å². The van der Waals surface area contributed by atoms with Gasteiger partial charge in [-0.1, -0.05) is 6.08 Å². The van der Waals surface area contributed by atoms with E-state index in [1.54, 1.807) is 0 Å². The van der Waals surface area contributed by atoms with Gasteiger partial charge < -0.3 is 5.11 Å². The molecular weight excluding hydrogens is 244 g/mol. The van der Waals surface area contributed by atoms with Crippen LogP contribution in [0.15, 0.2) is 24.8 Å². The number of rotatable bonds is 5. The first-order chi connectivity index (χ1) is 8.40. The molecule has 0 radical (unpaired) electrons. The van der Waals surface area contributed by atoms with Crippen LogP contribution in [0.5, 0.6) is 0 Å². The van der Waals surface area contributed by atoms with Crippen LogP contribution in [-0.2, 0) is 6.42 Å².